The molecule has 0 spiro atoms. The molecule has 0 aromatic heterocycles. The molecule has 3 aliphatic rings. The van der Waals surface area contributed by atoms with Crippen LogP contribution in [0.4, 0.5) is 0 Å². The fraction of sp³-hybridized carbons (Fsp3) is 0.463. The highest BCUT2D eigenvalue weighted by Gasteiger charge is 2.43. The van der Waals surface area contributed by atoms with E-state index in [-0.39, 0.29) is 82.7 Å². The first kappa shape index (κ1) is 70.7. The highest BCUT2D eigenvalue weighted by atomic mass is 16.4. The highest BCUT2D eigenvalue weighted by molar-refractivity contribution is 6.00. The minimum Gasteiger partial charge on any atom is -0.508 e. The summed E-state index contributed by atoms with van der Waals surface area (Å²) < 4.78 is 0. The van der Waals surface area contributed by atoms with Crippen molar-refractivity contribution < 1.29 is 67.7 Å². The first-order valence-electron chi connectivity index (χ1n) is 31.7. The first-order valence-corrected chi connectivity index (χ1v) is 31.7. The molecule has 3 saturated heterocycles. The summed E-state index contributed by atoms with van der Waals surface area (Å²) in [6.07, 6.45) is -0.897. The van der Waals surface area contributed by atoms with Crippen LogP contribution < -0.4 is 54.0 Å². The van der Waals surface area contributed by atoms with Crippen LogP contribution in [0.3, 0.4) is 0 Å². The molecule has 498 valence electrons. The Bertz CT molecular complexity index is 3270. The van der Waals surface area contributed by atoms with Crippen molar-refractivity contribution in [1.82, 2.24) is 52.3 Å². The van der Waals surface area contributed by atoms with E-state index in [0.29, 0.717) is 47.9 Å². The Morgan fingerprint density at radius 2 is 0.817 bits per heavy atom. The summed E-state index contributed by atoms with van der Waals surface area (Å²) in [6, 6.07) is 17.1. The van der Waals surface area contributed by atoms with Gasteiger partial charge in [0.05, 0.1) is 6.42 Å². The molecule has 26 heteroatoms. The number of nitrogens with one attached hydrogen (secondary N) is 8. The Morgan fingerprint density at radius 1 is 0.462 bits per heavy atom. The van der Waals surface area contributed by atoms with Gasteiger partial charge in [0, 0.05) is 45.2 Å². The van der Waals surface area contributed by atoms with Gasteiger partial charge in [-0.05, 0) is 105 Å². The third kappa shape index (κ3) is 21.2. The number of hydrogen-bond acceptors (Lipinski definition) is 14. The molecule has 0 saturated carbocycles. The SMILES string of the molecule is CC(C)C[C@@H]1NC(=O)[C@H](CCCCN)NC(=O)[C@@H]2CCCN2C(=O)[C@H](Cc2ccc(O)cc2)NC(=O)[C@H](CCC(N)=O)NC(=O)[C@H](CC(=O)O)NC(=O)[C@@H](Cc2ccccc2)NC(=O)[C@H](Cc2ccccc2)NC(=O)[C@@H]2CCCN2C(=O)[C@@H](Cc2ccccc2)NC1=O. The summed E-state index contributed by atoms with van der Waals surface area (Å²) in [5.74, 6) is -11.4. The van der Waals surface area contributed by atoms with E-state index in [4.69, 9.17) is 11.5 Å². The summed E-state index contributed by atoms with van der Waals surface area (Å²) in [5, 5.41) is 42.0. The van der Waals surface area contributed by atoms with E-state index in [1.54, 1.807) is 91.0 Å². The third-order valence-corrected chi connectivity index (χ3v) is 16.6. The number of carboxylic acids is 1. The predicted molar refractivity (Wildman–Crippen MR) is 340 cm³/mol. The van der Waals surface area contributed by atoms with Crippen LogP contribution in [0.15, 0.2) is 115 Å². The maximum absolute atomic E-state index is 15.2. The molecule has 3 heterocycles. The fourth-order valence-electron chi connectivity index (χ4n) is 11.8. The van der Waals surface area contributed by atoms with Crippen LogP contribution in [0.1, 0.15) is 107 Å². The van der Waals surface area contributed by atoms with Crippen molar-refractivity contribution in [1.29, 1.82) is 0 Å². The molecular weight excluding hydrogens is 1200 g/mol. The zero-order valence-electron chi connectivity index (χ0n) is 52.4. The number of carboxylic acid groups (broad SMARTS) is 1. The van der Waals surface area contributed by atoms with Crippen LogP contribution in [0.5, 0.6) is 5.75 Å². The number of phenols is 1. The highest BCUT2D eigenvalue weighted by Crippen LogP contribution is 2.24. The van der Waals surface area contributed by atoms with E-state index < -0.39 is 151 Å². The number of carbonyl (C=O) groups is 12. The van der Waals surface area contributed by atoms with Crippen molar-refractivity contribution in [3.8, 4) is 5.75 Å². The number of carbonyl (C=O) groups excluding carboxylic acids is 11. The Kier molecular flexibility index (Phi) is 26.3. The third-order valence-electron chi connectivity index (χ3n) is 16.6. The lowest BCUT2D eigenvalue weighted by atomic mass is 9.99. The quantitative estimate of drug-likeness (QED) is 0.0568. The Hall–Kier alpha value is -9.72. The number of nitrogens with two attached hydrogens (primary N) is 2. The van der Waals surface area contributed by atoms with E-state index >= 15 is 9.59 Å². The molecule has 0 aliphatic carbocycles. The summed E-state index contributed by atoms with van der Waals surface area (Å²) >= 11 is 0. The van der Waals surface area contributed by atoms with Gasteiger partial charge in [0.15, 0.2) is 0 Å². The molecule has 26 nitrogen and oxygen atoms in total. The van der Waals surface area contributed by atoms with Crippen LogP contribution >= 0.6 is 0 Å². The van der Waals surface area contributed by atoms with E-state index in [9.17, 15) is 58.2 Å². The van der Waals surface area contributed by atoms with Crippen molar-refractivity contribution in [3.63, 3.8) is 0 Å². The number of benzene rings is 4. The molecule has 14 N–H and O–H groups in total. The monoisotopic (exact) mass is 1280 g/mol. The van der Waals surface area contributed by atoms with Crippen molar-refractivity contribution in [3.05, 3.63) is 138 Å². The first-order chi connectivity index (χ1) is 44.6. The van der Waals surface area contributed by atoms with Gasteiger partial charge in [0.2, 0.25) is 65.0 Å². The number of rotatable bonds is 19. The second kappa shape index (κ2) is 34.6. The van der Waals surface area contributed by atoms with E-state index in [2.05, 4.69) is 42.5 Å². The molecule has 4 aromatic carbocycles. The maximum Gasteiger partial charge on any atom is 0.305 e. The Balaban J connectivity index is 1.31. The van der Waals surface area contributed by atoms with Crippen molar-refractivity contribution in [2.75, 3.05) is 19.6 Å². The van der Waals surface area contributed by atoms with Crippen LogP contribution in [0.25, 0.3) is 0 Å². The number of hydrogen-bond donors (Lipinski definition) is 12. The van der Waals surface area contributed by atoms with E-state index in [0.717, 1.165) is 0 Å². The molecule has 0 radical (unpaired) electrons. The number of phenolic OH excluding ortho intramolecular Hbond substituents is 1. The molecule has 11 amide bonds. The molecule has 0 unspecified atom stereocenters. The molecule has 3 aliphatic heterocycles. The van der Waals surface area contributed by atoms with Crippen LogP contribution in [-0.4, -0.2) is 171 Å². The van der Waals surface area contributed by atoms with Gasteiger partial charge in [-0.15, -0.1) is 0 Å². The second-order valence-electron chi connectivity index (χ2n) is 24.3. The molecule has 0 bridgehead atoms. The topological polar surface area (TPSA) is 400 Å². The van der Waals surface area contributed by atoms with Crippen LogP contribution in [0, 0.1) is 5.92 Å². The minimum atomic E-state index is -1.96. The lowest BCUT2D eigenvalue weighted by Gasteiger charge is -2.32. The number of nitrogens with zero attached hydrogens (tertiary/aromatic N) is 2. The lowest BCUT2D eigenvalue weighted by molar-refractivity contribution is -0.143. The van der Waals surface area contributed by atoms with Gasteiger partial charge in [0.1, 0.15) is 66.2 Å². The van der Waals surface area contributed by atoms with Gasteiger partial charge in [-0.1, -0.05) is 117 Å². The molecule has 93 heavy (non-hydrogen) atoms. The summed E-state index contributed by atoms with van der Waals surface area (Å²) in [4.78, 5) is 176. The smallest absolute Gasteiger partial charge is 0.305 e. The molecule has 3 fully saturated rings. The summed E-state index contributed by atoms with van der Waals surface area (Å²) in [7, 11) is 0. The number of fused-ring (bicyclic) bond motifs is 2. The van der Waals surface area contributed by atoms with E-state index in [1.807, 2.05) is 13.8 Å². The maximum atomic E-state index is 15.2. The van der Waals surface area contributed by atoms with Gasteiger partial charge in [-0.25, -0.2) is 0 Å². The van der Waals surface area contributed by atoms with Gasteiger partial charge in [0.25, 0.3) is 0 Å². The average molecular weight is 1280 g/mol. The van der Waals surface area contributed by atoms with Gasteiger partial charge >= 0.3 is 5.97 Å². The standard InChI is InChI=1S/C67H86N12O14/c1-40(2)34-48-60(86)77-52(37-43-20-10-5-11-21-43)66(92)79-33-15-24-55(79)65(91)75-50(36-42-18-8-4-9-19-42)62(88)73-49(35-41-16-6-3-7-17-41)61(87)74-51(39-57(82)83)63(89)70-47(29-30-56(69)81)59(85)76-53(38-44-25-27-45(80)28-26-44)67(93)78-32-14-23-54(78)64(90)71-46(58(84)72-48)22-12-13-31-68/h3-11,16-21,25-28,40,46-55,80H,12-15,22-24,29-39,68H2,1-2H3,(H2,69,81)(H,70,89)(H,71,90)(H,72,84)(H,73,88)(H,74,87)(H,75,91)(H,76,85)(H,77,86)(H,82,83)/t46-,47-,48-,49+,50-,51-,52+,53-,54-,55-/m0/s1. The van der Waals surface area contributed by atoms with E-state index in [1.165, 1.54) is 34.1 Å². The van der Waals surface area contributed by atoms with Gasteiger partial charge in [-0.3, -0.25) is 57.5 Å². The summed E-state index contributed by atoms with van der Waals surface area (Å²) in [5.41, 5.74) is 13.6. The Morgan fingerprint density at radius 3 is 1.26 bits per heavy atom. The number of unbranched alkanes of at least 4 members (excludes halogenated alkanes) is 1. The average Bonchev–Trinajstić information content (AvgIpc) is 1.79. The molecule has 7 rings (SSSR count). The normalized spacial score (nSPS) is 24.4. The zero-order valence-corrected chi connectivity index (χ0v) is 52.4. The fourth-order valence-corrected chi connectivity index (χ4v) is 11.8. The van der Waals surface area contributed by atoms with Crippen molar-refractivity contribution in [2.24, 2.45) is 17.4 Å². The molecule has 4 aromatic rings. The van der Waals surface area contributed by atoms with Crippen LogP contribution in [-0.2, 0) is 83.2 Å². The zero-order chi connectivity index (χ0) is 67.1. The minimum absolute atomic E-state index is 0.00304. The predicted octanol–water partition coefficient (Wildman–Crippen LogP) is 0.452. The molecule has 10 atom stereocenters. The summed E-state index contributed by atoms with van der Waals surface area (Å²) in [6.45, 7) is 4.01. The number of amides is 11. The number of primary amides is 1. The second-order valence-corrected chi connectivity index (χ2v) is 24.3. The van der Waals surface area contributed by atoms with Crippen LogP contribution in [0.2, 0.25) is 0 Å². The number of aliphatic carboxylic acids is 1. The van der Waals surface area contributed by atoms with Crippen molar-refractivity contribution in [2.45, 2.75) is 171 Å². The Labute approximate surface area is 539 Å². The van der Waals surface area contributed by atoms with Gasteiger partial charge < -0.3 is 74.0 Å². The molecular formula is C67H86N12O14. The lowest BCUT2D eigenvalue weighted by Crippen LogP contribution is -2.62. The van der Waals surface area contributed by atoms with Gasteiger partial charge in [-0.2, -0.15) is 0 Å². The largest absolute Gasteiger partial charge is 0.508 e. The van der Waals surface area contributed by atoms with Crippen molar-refractivity contribution >= 4 is 70.9 Å². The number of aromatic hydroxyl groups is 1.